The third kappa shape index (κ3) is 4.61. The zero-order valence-electron chi connectivity index (χ0n) is 6.23. The fourth-order valence-corrected chi connectivity index (χ4v) is 0.345. The molecule has 0 unspecified atom stereocenters. The minimum absolute atomic E-state index is 0.406. The monoisotopic (exact) mass is 178 g/mol. The van der Waals surface area contributed by atoms with Gasteiger partial charge in [-0.3, -0.25) is 9.59 Å². The van der Waals surface area contributed by atoms with E-state index in [0.29, 0.717) is 0 Å². The normalized spacial score (nSPS) is 9.67. The molecule has 0 amide bonds. The van der Waals surface area contributed by atoms with Crippen LogP contribution in [0.15, 0.2) is 0 Å². The molecule has 7 nitrogen and oxygen atoms in total. The van der Waals surface area contributed by atoms with E-state index < -0.39 is 31.5 Å². The molecule has 0 aliphatic carbocycles. The van der Waals surface area contributed by atoms with Crippen molar-refractivity contribution in [1.29, 1.82) is 0 Å². The van der Waals surface area contributed by atoms with Gasteiger partial charge in [-0.1, -0.05) is 0 Å². The molecule has 0 saturated heterocycles. The van der Waals surface area contributed by atoms with Gasteiger partial charge in [-0.15, -0.1) is 0 Å². The highest BCUT2D eigenvalue weighted by atomic mass is 16.8. The molecule has 0 heterocycles. The number of esters is 2. The van der Waals surface area contributed by atoms with Crippen LogP contribution in [0.3, 0.4) is 0 Å². The summed E-state index contributed by atoms with van der Waals surface area (Å²) in [4.78, 5) is 20.7. The van der Waals surface area contributed by atoms with Crippen LogP contribution in [0, 0.1) is 0 Å². The number of rotatable bonds is 4. The smallest absolute Gasteiger partial charge is 0.362 e. The van der Waals surface area contributed by atoms with E-state index in [1.807, 2.05) is 0 Å². The number of carbonyl (C=O) groups excluding carboxylic acids is 2. The molecule has 0 atom stereocenters. The number of ether oxygens (including phenoxy) is 2. The molecule has 0 aromatic heterocycles. The first-order valence-corrected chi connectivity index (χ1v) is 3.07. The van der Waals surface area contributed by atoms with Crippen LogP contribution >= 0.6 is 0 Å². The Labute approximate surface area is 68.2 Å². The highest BCUT2D eigenvalue weighted by molar-refractivity contribution is 5.73. The van der Waals surface area contributed by atoms with Gasteiger partial charge in [0.2, 0.25) is 0 Å². The summed E-state index contributed by atoms with van der Waals surface area (Å²) in [6.07, 6.45) is 0. The average molecular weight is 178 g/mol. The Morgan fingerprint density at radius 1 is 1.17 bits per heavy atom. The molecule has 0 spiro atoms. The lowest BCUT2D eigenvalue weighted by Crippen LogP contribution is -2.30. The molecule has 0 bridgehead atoms. The van der Waals surface area contributed by atoms with Gasteiger partial charge in [-0.2, -0.15) is 0 Å². The van der Waals surface area contributed by atoms with E-state index in [2.05, 4.69) is 9.47 Å². The molecule has 0 radical (unpaired) electrons. The summed E-state index contributed by atoms with van der Waals surface area (Å²) in [5.41, 5.74) is 9.67. The summed E-state index contributed by atoms with van der Waals surface area (Å²) in [6, 6.07) is 0. The Morgan fingerprint density at radius 2 is 1.50 bits per heavy atom. The van der Waals surface area contributed by atoms with Gasteiger partial charge in [-0.25, -0.2) is 0 Å². The van der Waals surface area contributed by atoms with Gasteiger partial charge in [0.1, 0.15) is 0 Å². The van der Waals surface area contributed by atoms with Crippen LogP contribution in [-0.4, -0.2) is 36.6 Å². The fraction of sp³-hybridized carbons (Fsp3) is 0.600. The first-order chi connectivity index (χ1) is 5.60. The van der Waals surface area contributed by atoms with Crippen molar-refractivity contribution >= 4 is 11.9 Å². The molecule has 0 aliphatic rings. The lowest BCUT2D eigenvalue weighted by molar-refractivity contribution is -0.244. The van der Waals surface area contributed by atoms with Gasteiger partial charge in [0, 0.05) is 0 Å². The topological polar surface area (TPSA) is 125 Å². The Kier molecular flexibility index (Phi) is 4.93. The second kappa shape index (κ2) is 5.47. The maximum atomic E-state index is 10.4. The second-order valence-electron chi connectivity index (χ2n) is 1.70. The van der Waals surface area contributed by atoms with Gasteiger partial charge < -0.3 is 26.0 Å². The minimum atomic E-state index is -1.93. The van der Waals surface area contributed by atoms with E-state index in [1.54, 1.807) is 0 Å². The van der Waals surface area contributed by atoms with E-state index in [-0.39, 0.29) is 0 Å². The Balaban J connectivity index is 3.66. The number of hydrogen-bond acceptors (Lipinski definition) is 7. The molecule has 12 heavy (non-hydrogen) atoms. The third-order valence-electron chi connectivity index (χ3n) is 0.798. The zero-order chi connectivity index (χ0) is 9.56. The van der Waals surface area contributed by atoms with Gasteiger partial charge in [-0.05, 0) is 0 Å². The van der Waals surface area contributed by atoms with Crippen molar-refractivity contribution in [2.75, 3.05) is 13.1 Å². The largest absolute Gasteiger partial charge is 0.399 e. The van der Waals surface area contributed by atoms with Crippen molar-refractivity contribution in [2.45, 2.75) is 6.48 Å². The van der Waals surface area contributed by atoms with E-state index in [0.717, 1.165) is 0 Å². The summed E-state index contributed by atoms with van der Waals surface area (Å²) in [5.74, 6) is -1.76. The Hall–Kier alpha value is -1.18. The van der Waals surface area contributed by atoms with Crippen molar-refractivity contribution in [3.63, 3.8) is 0 Å². The number of nitrogens with two attached hydrogens (primary N) is 2. The molecule has 0 aromatic carbocycles. The van der Waals surface area contributed by atoms with Crippen LogP contribution in [0.4, 0.5) is 0 Å². The van der Waals surface area contributed by atoms with Crippen molar-refractivity contribution in [2.24, 2.45) is 11.5 Å². The van der Waals surface area contributed by atoms with Crippen LogP contribution < -0.4 is 11.5 Å². The fourth-order valence-electron chi connectivity index (χ4n) is 0.345. The molecule has 0 fully saturated rings. The lowest BCUT2D eigenvalue weighted by Gasteiger charge is -2.10. The van der Waals surface area contributed by atoms with E-state index in [9.17, 15) is 9.59 Å². The molecule has 7 heteroatoms. The summed E-state index contributed by atoms with van der Waals surface area (Å²) in [5, 5.41) is 8.66. The number of carbonyl (C=O) groups is 2. The van der Waals surface area contributed by atoms with Crippen LogP contribution in [0.1, 0.15) is 0 Å². The lowest BCUT2D eigenvalue weighted by atomic mass is 10.7. The molecule has 0 aromatic rings. The van der Waals surface area contributed by atoms with E-state index in [1.165, 1.54) is 0 Å². The molecule has 70 valence electrons. The summed E-state index contributed by atoms with van der Waals surface area (Å²) >= 11 is 0. The van der Waals surface area contributed by atoms with Crippen molar-refractivity contribution in [3.8, 4) is 0 Å². The number of aliphatic hydroxyl groups is 1. The highest BCUT2D eigenvalue weighted by Gasteiger charge is 2.13. The summed E-state index contributed by atoms with van der Waals surface area (Å²) in [6.45, 7) is -2.74. The molecule has 0 rings (SSSR count). The maximum absolute atomic E-state index is 10.4. The van der Waals surface area contributed by atoms with E-state index >= 15 is 0 Å². The number of hydrogen-bond donors (Lipinski definition) is 3. The van der Waals surface area contributed by atoms with Crippen LogP contribution in [0.5, 0.6) is 0 Å². The first-order valence-electron chi connectivity index (χ1n) is 3.07. The highest BCUT2D eigenvalue weighted by Crippen LogP contribution is 1.90. The molecule has 0 saturated carbocycles. The van der Waals surface area contributed by atoms with Gasteiger partial charge in [0.25, 0.3) is 0 Å². The summed E-state index contributed by atoms with van der Waals surface area (Å²) in [7, 11) is 0. The van der Waals surface area contributed by atoms with Gasteiger partial charge in [0.05, 0.1) is 13.1 Å². The molecular formula is C5H10N2O5. The van der Waals surface area contributed by atoms with Crippen LogP contribution in [0.2, 0.25) is 0 Å². The Morgan fingerprint density at radius 3 is 1.75 bits per heavy atom. The SMILES string of the molecule is NCC(=O)OC(O)OC(=O)CN. The van der Waals surface area contributed by atoms with Crippen molar-refractivity contribution in [1.82, 2.24) is 0 Å². The standard InChI is InChI=1S/C5H10N2O5/c6-1-3(8)11-5(10)12-4(9)2-7/h5,10H,1-2,6-7H2. The molecular weight excluding hydrogens is 168 g/mol. The van der Waals surface area contributed by atoms with Gasteiger partial charge >= 0.3 is 18.4 Å². The van der Waals surface area contributed by atoms with Crippen LogP contribution in [0.25, 0.3) is 0 Å². The van der Waals surface area contributed by atoms with E-state index in [4.69, 9.17) is 16.6 Å². The third-order valence-corrected chi connectivity index (χ3v) is 0.798. The van der Waals surface area contributed by atoms with Crippen molar-refractivity contribution < 1.29 is 24.2 Å². The first kappa shape index (κ1) is 10.8. The second-order valence-corrected chi connectivity index (χ2v) is 1.70. The Bertz CT molecular complexity index is 153. The summed E-state index contributed by atoms with van der Waals surface area (Å²) < 4.78 is 8.13. The predicted molar refractivity (Wildman–Crippen MR) is 36.3 cm³/mol. The van der Waals surface area contributed by atoms with Crippen LogP contribution in [-0.2, 0) is 19.1 Å². The predicted octanol–water partition coefficient (Wildman–Crippen LogP) is -2.73. The number of aliphatic hydroxyl groups excluding tert-OH is 1. The van der Waals surface area contributed by atoms with Crippen molar-refractivity contribution in [3.05, 3.63) is 0 Å². The zero-order valence-corrected chi connectivity index (χ0v) is 6.23. The average Bonchev–Trinajstić information content (AvgIpc) is 2.03. The molecule has 5 N–H and O–H groups in total. The maximum Gasteiger partial charge on any atom is 0.362 e. The molecule has 0 aliphatic heterocycles. The van der Waals surface area contributed by atoms with Gasteiger partial charge in [0.15, 0.2) is 0 Å². The quantitative estimate of drug-likeness (QED) is 0.315. The minimum Gasteiger partial charge on any atom is -0.399 e.